The SMILES string of the molecule is COC(=O)[C@@H](Cc1ccc(C)cc1)NC(=O)[C@@H](O)c1ccccc1. The lowest BCUT2D eigenvalue weighted by Crippen LogP contribution is -2.45. The molecule has 0 aliphatic heterocycles. The van der Waals surface area contributed by atoms with Gasteiger partial charge in [0.25, 0.3) is 5.91 Å². The monoisotopic (exact) mass is 327 g/mol. The second kappa shape index (κ2) is 8.26. The van der Waals surface area contributed by atoms with Crippen LogP contribution >= 0.6 is 0 Å². The van der Waals surface area contributed by atoms with Crippen LogP contribution in [0.25, 0.3) is 0 Å². The van der Waals surface area contributed by atoms with Gasteiger partial charge in [-0.3, -0.25) is 4.79 Å². The number of carbonyl (C=O) groups is 2. The third kappa shape index (κ3) is 4.67. The van der Waals surface area contributed by atoms with Crippen molar-refractivity contribution < 1.29 is 19.4 Å². The molecular formula is C19H21NO4. The van der Waals surface area contributed by atoms with Crippen molar-refractivity contribution in [1.82, 2.24) is 5.32 Å². The molecule has 2 atom stereocenters. The number of hydrogen-bond acceptors (Lipinski definition) is 4. The first kappa shape index (κ1) is 17.7. The van der Waals surface area contributed by atoms with E-state index in [-0.39, 0.29) is 0 Å². The van der Waals surface area contributed by atoms with E-state index in [0.29, 0.717) is 12.0 Å². The van der Waals surface area contributed by atoms with Crippen molar-refractivity contribution in [2.24, 2.45) is 0 Å². The van der Waals surface area contributed by atoms with Crippen molar-refractivity contribution in [3.05, 3.63) is 71.3 Å². The van der Waals surface area contributed by atoms with Crippen molar-refractivity contribution in [2.45, 2.75) is 25.5 Å². The van der Waals surface area contributed by atoms with E-state index in [1.165, 1.54) is 7.11 Å². The number of ether oxygens (including phenoxy) is 1. The molecule has 126 valence electrons. The minimum absolute atomic E-state index is 0.292. The van der Waals surface area contributed by atoms with Crippen molar-refractivity contribution in [3.8, 4) is 0 Å². The van der Waals surface area contributed by atoms with Gasteiger partial charge >= 0.3 is 5.97 Å². The lowest BCUT2D eigenvalue weighted by atomic mass is 10.0. The molecule has 0 fully saturated rings. The molecule has 2 rings (SSSR count). The number of benzene rings is 2. The molecule has 2 N–H and O–H groups in total. The maximum atomic E-state index is 12.2. The van der Waals surface area contributed by atoms with Crippen LogP contribution in [-0.2, 0) is 20.7 Å². The van der Waals surface area contributed by atoms with Gasteiger partial charge in [0, 0.05) is 6.42 Å². The molecule has 2 aromatic rings. The number of rotatable bonds is 6. The standard InChI is InChI=1S/C19H21NO4/c1-13-8-10-14(11-9-13)12-16(19(23)24-2)20-18(22)17(21)15-6-4-3-5-7-15/h3-11,16-17,21H,12H2,1-2H3,(H,20,22)/t16-,17+/m1/s1. The Morgan fingerprint density at radius 1 is 1.08 bits per heavy atom. The number of amides is 1. The van der Waals surface area contributed by atoms with Crippen molar-refractivity contribution in [1.29, 1.82) is 0 Å². The minimum atomic E-state index is -1.34. The third-order valence-corrected chi connectivity index (χ3v) is 3.73. The van der Waals surface area contributed by atoms with Crippen LogP contribution in [0.5, 0.6) is 0 Å². The number of nitrogens with one attached hydrogen (secondary N) is 1. The maximum absolute atomic E-state index is 12.2. The van der Waals surface area contributed by atoms with E-state index in [9.17, 15) is 14.7 Å². The Bertz CT molecular complexity index is 682. The van der Waals surface area contributed by atoms with Gasteiger partial charge in [-0.05, 0) is 18.1 Å². The normalized spacial score (nSPS) is 13.0. The Balaban J connectivity index is 2.09. The number of aryl methyl sites for hydroxylation is 1. The third-order valence-electron chi connectivity index (χ3n) is 3.73. The average Bonchev–Trinajstić information content (AvgIpc) is 2.62. The summed E-state index contributed by atoms with van der Waals surface area (Å²) in [4.78, 5) is 24.2. The van der Waals surface area contributed by atoms with E-state index < -0.39 is 24.0 Å². The van der Waals surface area contributed by atoms with Crippen LogP contribution in [0.3, 0.4) is 0 Å². The summed E-state index contributed by atoms with van der Waals surface area (Å²) in [6.07, 6.45) is -1.04. The number of methoxy groups -OCH3 is 1. The lowest BCUT2D eigenvalue weighted by molar-refractivity contribution is -0.146. The molecule has 24 heavy (non-hydrogen) atoms. The van der Waals surface area contributed by atoms with Crippen LogP contribution in [0.2, 0.25) is 0 Å². The highest BCUT2D eigenvalue weighted by Crippen LogP contribution is 2.13. The van der Waals surface area contributed by atoms with Gasteiger partial charge in [-0.15, -0.1) is 0 Å². The van der Waals surface area contributed by atoms with Gasteiger partial charge in [-0.25, -0.2) is 4.79 Å². The fraction of sp³-hybridized carbons (Fsp3) is 0.263. The van der Waals surface area contributed by atoms with Gasteiger partial charge in [0.1, 0.15) is 6.04 Å². The van der Waals surface area contributed by atoms with Crippen molar-refractivity contribution in [3.63, 3.8) is 0 Å². The fourth-order valence-electron chi connectivity index (χ4n) is 2.33. The number of aliphatic hydroxyl groups is 1. The number of carbonyl (C=O) groups excluding carboxylic acids is 2. The molecule has 0 aromatic heterocycles. The molecular weight excluding hydrogens is 306 g/mol. The van der Waals surface area contributed by atoms with E-state index in [2.05, 4.69) is 5.32 Å². The average molecular weight is 327 g/mol. The highest BCUT2D eigenvalue weighted by atomic mass is 16.5. The summed E-state index contributed by atoms with van der Waals surface area (Å²) in [6, 6.07) is 15.4. The number of aliphatic hydroxyl groups excluding tert-OH is 1. The molecule has 0 aliphatic rings. The molecule has 0 bridgehead atoms. The first-order chi connectivity index (χ1) is 11.5. The Morgan fingerprint density at radius 2 is 1.71 bits per heavy atom. The van der Waals surface area contributed by atoms with Gasteiger partial charge in [-0.2, -0.15) is 0 Å². The van der Waals surface area contributed by atoms with Crippen LogP contribution in [0.15, 0.2) is 54.6 Å². The van der Waals surface area contributed by atoms with Gasteiger partial charge in [0.15, 0.2) is 6.10 Å². The summed E-state index contributed by atoms with van der Waals surface area (Å²) < 4.78 is 4.76. The van der Waals surface area contributed by atoms with Gasteiger partial charge < -0.3 is 15.2 Å². The summed E-state index contributed by atoms with van der Waals surface area (Å²) in [5.41, 5.74) is 2.47. The molecule has 0 heterocycles. The molecule has 0 aliphatic carbocycles. The molecule has 2 aromatic carbocycles. The zero-order valence-electron chi connectivity index (χ0n) is 13.7. The zero-order valence-corrected chi connectivity index (χ0v) is 13.7. The lowest BCUT2D eigenvalue weighted by Gasteiger charge is -2.19. The summed E-state index contributed by atoms with van der Waals surface area (Å²) in [5.74, 6) is -1.19. The fourth-order valence-corrected chi connectivity index (χ4v) is 2.33. The Morgan fingerprint density at radius 3 is 2.29 bits per heavy atom. The van der Waals surface area contributed by atoms with Crippen LogP contribution in [0.1, 0.15) is 22.8 Å². The Labute approximate surface area is 141 Å². The van der Waals surface area contributed by atoms with Gasteiger partial charge in [0.2, 0.25) is 0 Å². The quantitative estimate of drug-likeness (QED) is 0.795. The van der Waals surface area contributed by atoms with Gasteiger partial charge in [-0.1, -0.05) is 60.2 Å². The highest BCUT2D eigenvalue weighted by Gasteiger charge is 2.26. The topological polar surface area (TPSA) is 75.6 Å². The van der Waals surface area contributed by atoms with Crippen LogP contribution < -0.4 is 5.32 Å². The largest absolute Gasteiger partial charge is 0.467 e. The van der Waals surface area contributed by atoms with Crippen LogP contribution in [0, 0.1) is 6.92 Å². The summed E-state index contributed by atoms with van der Waals surface area (Å²) >= 11 is 0. The first-order valence-electron chi connectivity index (χ1n) is 7.68. The second-order valence-corrected chi connectivity index (χ2v) is 5.59. The minimum Gasteiger partial charge on any atom is -0.467 e. The van der Waals surface area contributed by atoms with Gasteiger partial charge in [0.05, 0.1) is 7.11 Å². The van der Waals surface area contributed by atoms with Crippen molar-refractivity contribution >= 4 is 11.9 Å². The molecule has 0 spiro atoms. The molecule has 0 radical (unpaired) electrons. The Hall–Kier alpha value is -2.66. The smallest absolute Gasteiger partial charge is 0.328 e. The van der Waals surface area contributed by atoms with E-state index in [1.54, 1.807) is 30.3 Å². The maximum Gasteiger partial charge on any atom is 0.328 e. The van der Waals surface area contributed by atoms with Crippen LogP contribution in [0.4, 0.5) is 0 Å². The molecule has 0 saturated heterocycles. The zero-order chi connectivity index (χ0) is 17.5. The predicted octanol–water partition coefficient (Wildman–Crippen LogP) is 1.93. The number of hydrogen-bond donors (Lipinski definition) is 2. The van der Waals surface area contributed by atoms with Crippen molar-refractivity contribution in [2.75, 3.05) is 7.11 Å². The number of esters is 1. The molecule has 0 saturated carbocycles. The van der Waals surface area contributed by atoms with E-state index in [1.807, 2.05) is 31.2 Å². The molecule has 1 amide bonds. The molecule has 5 heteroatoms. The molecule has 5 nitrogen and oxygen atoms in total. The summed E-state index contributed by atoms with van der Waals surface area (Å²) in [7, 11) is 1.27. The summed E-state index contributed by atoms with van der Waals surface area (Å²) in [5, 5.41) is 12.7. The highest BCUT2D eigenvalue weighted by molar-refractivity contribution is 5.87. The Kier molecular flexibility index (Phi) is 6.09. The van der Waals surface area contributed by atoms with E-state index in [4.69, 9.17) is 4.74 Å². The van der Waals surface area contributed by atoms with E-state index in [0.717, 1.165) is 11.1 Å². The summed E-state index contributed by atoms with van der Waals surface area (Å²) in [6.45, 7) is 1.97. The van der Waals surface area contributed by atoms with E-state index >= 15 is 0 Å². The van der Waals surface area contributed by atoms with Crippen LogP contribution in [-0.4, -0.2) is 30.1 Å². The molecule has 0 unspecified atom stereocenters. The first-order valence-corrected chi connectivity index (χ1v) is 7.68. The predicted molar refractivity (Wildman–Crippen MR) is 90.2 cm³/mol. The second-order valence-electron chi connectivity index (χ2n) is 5.59.